The maximum atomic E-state index is 11.6. The van der Waals surface area contributed by atoms with Crippen LogP contribution >= 0.6 is 15.9 Å². The second-order valence-electron chi connectivity index (χ2n) is 3.96. The molecule has 1 saturated carbocycles. The van der Waals surface area contributed by atoms with Crippen LogP contribution in [0, 0.1) is 11.8 Å². The number of methoxy groups -OCH3 is 1. The van der Waals surface area contributed by atoms with Crippen LogP contribution < -0.4 is 5.32 Å². The fraction of sp³-hybridized carbons (Fsp3) is 0.900. The average molecular weight is 264 g/mol. The van der Waals surface area contributed by atoms with Gasteiger partial charge >= 0.3 is 0 Å². The Balaban J connectivity index is 2.27. The second-order valence-corrected chi connectivity index (χ2v) is 4.75. The lowest BCUT2D eigenvalue weighted by atomic mass is 10.2. The summed E-state index contributed by atoms with van der Waals surface area (Å²) in [6.07, 6.45) is 1.96. The Morgan fingerprint density at radius 2 is 2.36 bits per heavy atom. The van der Waals surface area contributed by atoms with Gasteiger partial charge in [-0.25, -0.2) is 0 Å². The molecule has 0 aromatic rings. The standard InChI is InChI=1S/C10H18BrNO2/c1-7-5-9(7)10(13)12-8(3-4-11)6-14-2/h7-9H,3-6H2,1-2H3,(H,12,13). The van der Waals surface area contributed by atoms with E-state index >= 15 is 0 Å². The van der Waals surface area contributed by atoms with Crippen LogP contribution in [-0.2, 0) is 9.53 Å². The van der Waals surface area contributed by atoms with Crippen LogP contribution in [0.25, 0.3) is 0 Å². The van der Waals surface area contributed by atoms with Gasteiger partial charge in [0.05, 0.1) is 12.6 Å². The van der Waals surface area contributed by atoms with Gasteiger partial charge in [0.25, 0.3) is 0 Å². The number of carbonyl (C=O) groups excluding carboxylic acids is 1. The van der Waals surface area contributed by atoms with Crippen LogP contribution in [0.2, 0.25) is 0 Å². The van der Waals surface area contributed by atoms with Gasteiger partial charge in [-0.3, -0.25) is 4.79 Å². The van der Waals surface area contributed by atoms with Gasteiger partial charge in [0, 0.05) is 18.4 Å². The zero-order valence-electron chi connectivity index (χ0n) is 8.75. The summed E-state index contributed by atoms with van der Waals surface area (Å²) in [5, 5.41) is 3.91. The number of halogens is 1. The molecule has 1 fully saturated rings. The van der Waals surface area contributed by atoms with E-state index < -0.39 is 0 Å². The van der Waals surface area contributed by atoms with Crippen molar-refractivity contribution >= 4 is 21.8 Å². The van der Waals surface area contributed by atoms with Crippen molar-refractivity contribution in [2.24, 2.45) is 11.8 Å². The molecular weight excluding hydrogens is 246 g/mol. The molecule has 3 atom stereocenters. The quantitative estimate of drug-likeness (QED) is 0.739. The lowest BCUT2D eigenvalue weighted by Crippen LogP contribution is -2.39. The number of alkyl halides is 1. The van der Waals surface area contributed by atoms with E-state index in [1.165, 1.54) is 0 Å². The first-order valence-corrected chi connectivity index (χ1v) is 6.16. The lowest BCUT2D eigenvalue weighted by molar-refractivity contribution is -0.123. The Hall–Kier alpha value is -0.0900. The number of nitrogens with one attached hydrogen (secondary N) is 1. The molecule has 0 aromatic carbocycles. The summed E-state index contributed by atoms with van der Waals surface area (Å²) < 4.78 is 5.05. The molecule has 0 heterocycles. The predicted octanol–water partition coefficient (Wildman–Crippen LogP) is 1.56. The third kappa shape index (κ3) is 3.58. The Morgan fingerprint density at radius 1 is 1.71 bits per heavy atom. The Kier molecular flexibility index (Phi) is 4.89. The molecule has 1 aliphatic carbocycles. The first-order valence-electron chi connectivity index (χ1n) is 5.04. The molecule has 0 bridgehead atoms. The van der Waals surface area contributed by atoms with Gasteiger partial charge in [-0.2, -0.15) is 0 Å². The third-order valence-corrected chi connectivity index (χ3v) is 3.08. The van der Waals surface area contributed by atoms with Crippen LogP contribution in [-0.4, -0.2) is 31.0 Å². The zero-order chi connectivity index (χ0) is 10.6. The molecule has 3 unspecified atom stereocenters. The van der Waals surface area contributed by atoms with Crippen LogP contribution in [0.1, 0.15) is 19.8 Å². The molecule has 0 saturated heterocycles. The Bertz CT molecular complexity index is 193. The summed E-state index contributed by atoms with van der Waals surface area (Å²) in [4.78, 5) is 11.6. The number of hydrogen-bond donors (Lipinski definition) is 1. The van der Waals surface area contributed by atoms with Gasteiger partial charge in [-0.15, -0.1) is 0 Å². The number of ether oxygens (including phenoxy) is 1. The van der Waals surface area contributed by atoms with E-state index in [1.54, 1.807) is 7.11 Å². The smallest absolute Gasteiger partial charge is 0.223 e. The number of carbonyl (C=O) groups is 1. The van der Waals surface area contributed by atoms with Crippen molar-refractivity contribution in [1.29, 1.82) is 0 Å². The molecule has 0 aromatic heterocycles. The monoisotopic (exact) mass is 263 g/mol. The van der Waals surface area contributed by atoms with Crippen molar-refractivity contribution in [1.82, 2.24) is 5.32 Å². The highest BCUT2D eigenvalue weighted by Gasteiger charge is 2.39. The van der Waals surface area contributed by atoms with E-state index in [2.05, 4.69) is 28.2 Å². The number of amides is 1. The predicted molar refractivity (Wildman–Crippen MR) is 59.5 cm³/mol. The zero-order valence-corrected chi connectivity index (χ0v) is 10.3. The van der Waals surface area contributed by atoms with Crippen LogP contribution in [0.15, 0.2) is 0 Å². The van der Waals surface area contributed by atoms with Gasteiger partial charge in [-0.05, 0) is 18.8 Å². The average Bonchev–Trinajstić information content (AvgIpc) is 2.83. The summed E-state index contributed by atoms with van der Waals surface area (Å²) in [7, 11) is 1.66. The summed E-state index contributed by atoms with van der Waals surface area (Å²) >= 11 is 3.37. The maximum Gasteiger partial charge on any atom is 0.223 e. The van der Waals surface area contributed by atoms with E-state index in [4.69, 9.17) is 4.74 Å². The first-order chi connectivity index (χ1) is 6.69. The van der Waals surface area contributed by atoms with E-state index in [0.29, 0.717) is 12.5 Å². The maximum absolute atomic E-state index is 11.6. The lowest BCUT2D eigenvalue weighted by Gasteiger charge is -2.16. The number of hydrogen-bond acceptors (Lipinski definition) is 2. The summed E-state index contributed by atoms with van der Waals surface area (Å²) in [6.45, 7) is 2.71. The molecular formula is C10H18BrNO2. The SMILES string of the molecule is COCC(CCBr)NC(=O)C1CC1C. The van der Waals surface area contributed by atoms with Crippen molar-refractivity contribution in [2.45, 2.75) is 25.8 Å². The van der Waals surface area contributed by atoms with E-state index in [1.807, 2.05) is 0 Å². The minimum atomic E-state index is 0.152. The van der Waals surface area contributed by atoms with Gasteiger partial charge in [-0.1, -0.05) is 22.9 Å². The van der Waals surface area contributed by atoms with Gasteiger partial charge < -0.3 is 10.1 Å². The third-order valence-electron chi connectivity index (χ3n) is 2.62. The molecule has 14 heavy (non-hydrogen) atoms. The molecule has 0 spiro atoms. The highest BCUT2D eigenvalue weighted by Crippen LogP contribution is 2.37. The Labute approximate surface area is 93.7 Å². The molecule has 0 radical (unpaired) electrons. The van der Waals surface area contributed by atoms with Crippen molar-refractivity contribution in [3.8, 4) is 0 Å². The fourth-order valence-corrected chi connectivity index (χ4v) is 2.08. The van der Waals surface area contributed by atoms with Crippen molar-refractivity contribution in [2.75, 3.05) is 19.0 Å². The molecule has 1 amide bonds. The van der Waals surface area contributed by atoms with Gasteiger partial charge in [0.1, 0.15) is 0 Å². The summed E-state index contributed by atoms with van der Waals surface area (Å²) in [6, 6.07) is 0.152. The van der Waals surface area contributed by atoms with E-state index in [0.717, 1.165) is 18.2 Å². The fourth-order valence-electron chi connectivity index (χ4n) is 1.53. The van der Waals surface area contributed by atoms with E-state index in [-0.39, 0.29) is 17.9 Å². The largest absolute Gasteiger partial charge is 0.383 e. The number of rotatable bonds is 6. The van der Waals surface area contributed by atoms with Gasteiger partial charge in [0.2, 0.25) is 5.91 Å². The molecule has 0 aliphatic heterocycles. The molecule has 4 heteroatoms. The van der Waals surface area contributed by atoms with E-state index in [9.17, 15) is 4.79 Å². The Morgan fingerprint density at radius 3 is 2.79 bits per heavy atom. The van der Waals surface area contributed by atoms with Gasteiger partial charge in [0.15, 0.2) is 0 Å². The molecule has 1 aliphatic rings. The summed E-state index contributed by atoms with van der Waals surface area (Å²) in [5.74, 6) is 1.02. The first kappa shape index (κ1) is 12.0. The molecule has 1 rings (SSSR count). The minimum Gasteiger partial charge on any atom is -0.383 e. The highest BCUT2D eigenvalue weighted by atomic mass is 79.9. The minimum absolute atomic E-state index is 0.152. The highest BCUT2D eigenvalue weighted by molar-refractivity contribution is 9.09. The normalized spacial score (nSPS) is 27.1. The summed E-state index contributed by atoms with van der Waals surface area (Å²) in [5.41, 5.74) is 0. The van der Waals surface area contributed by atoms with Crippen molar-refractivity contribution in [3.63, 3.8) is 0 Å². The molecule has 1 N–H and O–H groups in total. The van der Waals surface area contributed by atoms with Crippen LogP contribution in [0.5, 0.6) is 0 Å². The van der Waals surface area contributed by atoms with Crippen molar-refractivity contribution in [3.05, 3.63) is 0 Å². The van der Waals surface area contributed by atoms with Crippen LogP contribution in [0.4, 0.5) is 0 Å². The second kappa shape index (κ2) is 5.71. The van der Waals surface area contributed by atoms with Crippen LogP contribution in [0.3, 0.4) is 0 Å². The topological polar surface area (TPSA) is 38.3 Å². The molecule has 3 nitrogen and oxygen atoms in total. The molecule has 82 valence electrons. The van der Waals surface area contributed by atoms with Crippen molar-refractivity contribution < 1.29 is 9.53 Å².